The van der Waals surface area contributed by atoms with E-state index in [0.717, 1.165) is 18.1 Å². The first kappa shape index (κ1) is 20.1. The van der Waals surface area contributed by atoms with Gasteiger partial charge in [0.25, 0.3) is 0 Å². The number of nitrogens with two attached hydrogens (primary N) is 1. The molecule has 0 aromatic carbocycles. The van der Waals surface area contributed by atoms with Gasteiger partial charge in [0.2, 0.25) is 5.78 Å². The van der Waals surface area contributed by atoms with Crippen molar-refractivity contribution in [3.8, 4) is 0 Å². The minimum absolute atomic E-state index is 0.181. The number of aromatic nitrogens is 2. The molecule has 0 atom stereocenters. The number of hydrogen-bond donors (Lipinski definition) is 1. The normalized spacial score (nSPS) is 15.2. The zero-order chi connectivity index (χ0) is 20.3. The number of ether oxygens (including phenoxy) is 1. The van der Waals surface area contributed by atoms with Crippen LogP contribution in [0.25, 0.3) is 0 Å². The predicted octanol–water partition coefficient (Wildman–Crippen LogP) is 2.80. The number of hydrogen-bond acceptors (Lipinski definition) is 8. The quantitative estimate of drug-likeness (QED) is 0.786. The number of carbonyl (C=O) groups is 2. The molecule has 2 N–H and O–H groups in total. The number of amides is 1. The van der Waals surface area contributed by atoms with E-state index in [4.69, 9.17) is 10.5 Å². The molecule has 0 aliphatic carbocycles. The summed E-state index contributed by atoms with van der Waals surface area (Å²) < 4.78 is 5.46. The molecular weight excluding hydrogens is 378 g/mol. The van der Waals surface area contributed by atoms with Crippen LogP contribution in [-0.2, 0) is 4.74 Å². The molecule has 0 bridgehead atoms. The molecule has 3 heterocycles. The van der Waals surface area contributed by atoms with Crippen LogP contribution in [0.2, 0.25) is 0 Å². The number of carbonyl (C=O) groups excluding carboxylic acids is 2. The maximum atomic E-state index is 12.7. The van der Waals surface area contributed by atoms with Gasteiger partial charge in [0, 0.05) is 32.4 Å². The molecule has 2 aromatic rings. The fraction of sp³-hybridized carbons (Fsp3) is 0.474. The first-order valence-electron chi connectivity index (χ1n) is 9.18. The molecule has 0 radical (unpaired) electrons. The Morgan fingerprint density at radius 1 is 1.18 bits per heavy atom. The molecule has 9 heteroatoms. The second kappa shape index (κ2) is 8.14. The first-order chi connectivity index (χ1) is 13.2. The van der Waals surface area contributed by atoms with Gasteiger partial charge in [-0.05, 0) is 39.3 Å². The molecule has 0 saturated carbocycles. The van der Waals surface area contributed by atoms with Crippen molar-refractivity contribution in [2.45, 2.75) is 32.8 Å². The predicted molar refractivity (Wildman–Crippen MR) is 109 cm³/mol. The Bertz CT molecular complexity index is 861. The molecule has 2 aromatic heterocycles. The average Bonchev–Trinajstić information content (AvgIpc) is 2.98. The summed E-state index contributed by atoms with van der Waals surface area (Å²) in [6.07, 6.45) is 3.64. The first-order valence-corrected chi connectivity index (χ1v) is 10.00. The summed E-state index contributed by atoms with van der Waals surface area (Å²) in [5.41, 5.74) is 5.68. The molecule has 1 aliphatic heterocycles. The van der Waals surface area contributed by atoms with Crippen molar-refractivity contribution in [2.24, 2.45) is 0 Å². The van der Waals surface area contributed by atoms with E-state index in [2.05, 4.69) is 14.9 Å². The summed E-state index contributed by atoms with van der Waals surface area (Å²) >= 11 is 1.33. The van der Waals surface area contributed by atoms with Crippen molar-refractivity contribution in [3.05, 3.63) is 35.0 Å². The number of nitrogens with zero attached hydrogens (tertiary/aromatic N) is 4. The standard InChI is InChI=1S/C19H25N5O3S/c1-19(2,3)27-18(26)24-9-5-8-23(10-11-24)17-22-12-14(28-17)15(25)13-6-4-7-21-16(13)20/h4,6-7,12H,5,8-11H2,1-3H3,(H2,20,21). The molecule has 1 saturated heterocycles. The van der Waals surface area contributed by atoms with Crippen LogP contribution in [0, 0.1) is 0 Å². The lowest BCUT2D eigenvalue weighted by Gasteiger charge is -2.26. The zero-order valence-corrected chi connectivity index (χ0v) is 17.2. The lowest BCUT2D eigenvalue weighted by molar-refractivity contribution is 0.0263. The lowest BCUT2D eigenvalue weighted by Crippen LogP contribution is -2.39. The maximum Gasteiger partial charge on any atom is 0.410 e. The second-order valence-corrected chi connectivity index (χ2v) is 8.59. The van der Waals surface area contributed by atoms with Crippen molar-refractivity contribution in [1.82, 2.24) is 14.9 Å². The van der Waals surface area contributed by atoms with Gasteiger partial charge in [-0.25, -0.2) is 14.8 Å². The van der Waals surface area contributed by atoms with Gasteiger partial charge in [-0.1, -0.05) is 11.3 Å². The average molecular weight is 404 g/mol. The third kappa shape index (κ3) is 4.78. The van der Waals surface area contributed by atoms with Crippen molar-refractivity contribution < 1.29 is 14.3 Å². The monoisotopic (exact) mass is 403 g/mol. The highest BCUT2D eigenvalue weighted by Gasteiger charge is 2.26. The van der Waals surface area contributed by atoms with Gasteiger partial charge < -0.3 is 20.3 Å². The molecule has 3 rings (SSSR count). The van der Waals surface area contributed by atoms with Gasteiger partial charge in [0.05, 0.1) is 16.6 Å². The Kier molecular flexibility index (Phi) is 5.83. The van der Waals surface area contributed by atoms with Crippen LogP contribution >= 0.6 is 11.3 Å². The highest BCUT2D eigenvalue weighted by molar-refractivity contribution is 7.17. The van der Waals surface area contributed by atoms with E-state index in [1.54, 1.807) is 29.4 Å². The Morgan fingerprint density at radius 2 is 1.96 bits per heavy atom. The summed E-state index contributed by atoms with van der Waals surface area (Å²) in [4.78, 5) is 37.7. The molecule has 0 spiro atoms. The Balaban J connectivity index is 1.66. The van der Waals surface area contributed by atoms with Crippen molar-refractivity contribution in [2.75, 3.05) is 36.8 Å². The molecule has 28 heavy (non-hydrogen) atoms. The summed E-state index contributed by atoms with van der Waals surface area (Å²) in [6.45, 7) is 8.15. The Morgan fingerprint density at radius 3 is 2.68 bits per heavy atom. The van der Waals surface area contributed by atoms with Crippen LogP contribution in [0.1, 0.15) is 42.4 Å². The van der Waals surface area contributed by atoms with Crippen LogP contribution in [0.3, 0.4) is 0 Å². The van der Waals surface area contributed by atoms with E-state index in [-0.39, 0.29) is 17.7 Å². The van der Waals surface area contributed by atoms with E-state index >= 15 is 0 Å². The van der Waals surface area contributed by atoms with Crippen molar-refractivity contribution in [3.63, 3.8) is 0 Å². The van der Waals surface area contributed by atoms with E-state index in [1.165, 1.54) is 11.3 Å². The number of rotatable bonds is 3. The van der Waals surface area contributed by atoms with E-state index < -0.39 is 5.60 Å². The third-order valence-electron chi connectivity index (χ3n) is 4.22. The van der Waals surface area contributed by atoms with Gasteiger partial charge in [-0.15, -0.1) is 0 Å². The summed E-state index contributed by atoms with van der Waals surface area (Å²) in [5, 5.41) is 0.761. The fourth-order valence-corrected chi connectivity index (χ4v) is 3.80. The number of anilines is 2. The smallest absolute Gasteiger partial charge is 0.410 e. The second-order valence-electron chi connectivity index (χ2n) is 7.58. The highest BCUT2D eigenvalue weighted by atomic mass is 32.1. The van der Waals surface area contributed by atoms with Crippen molar-refractivity contribution in [1.29, 1.82) is 0 Å². The zero-order valence-electron chi connectivity index (χ0n) is 16.3. The van der Waals surface area contributed by atoms with Crippen LogP contribution < -0.4 is 10.6 Å². The molecule has 1 fully saturated rings. The summed E-state index contributed by atoms with van der Waals surface area (Å²) in [6, 6.07) is 3.35. The molecule has 8 nitrogen and oxygen atoms in total. The number of thiazole rings is 1. The third-order valence-corrected chi connectivity index (χ3v) is 5.28. The molecule has 1 amide bonds. The van der Waals surface area contributed by atoms with Gasteiger partial charge in [-0.3, -0.25) is 4.79 Å². The molecule has 150 valence electrons. The van der Waals surface area contributed by atoms with Gasteiger partial charge >= 0.3 is 6.09 Å². The van der Waals surface area contributed by atoms with Gasteiger partial charge in [-0.2, -0.15) is 0 Å². The molecule has 0 unspecified atom stereocenters. The minimum Gasteiger partial charge on any atom is -0.444 e. The van der Waals surface area contributed by atoms with Gasteiger partial charge in [0.1, 0.15) is 11.4 Å². The summed E-state index contributed by atoms with van der Waals surface area (Å²) in [7, 11) is 0. The van der Waals surface area contributed by atoms with E-state index in [0.29, 0.717) is 30.1 Å². The number of ketones is 1. The van der Waals surface area contributed by atoms with E-state index in [9.17, 15) is 9.59 Å². The van der Waals surface area contributed by atoms with Gasteiger partial charge in [0.15, 0.2) is 5.13 Å². The minimum atomic E-state index is -0.512. The Labute approximate surface area is 168 Å². The summed E-state index contributed by atoms with van der Waals surface area (Å²) in [5.74, 6) is 0.0322. The maximum absolute atomic E-state index is 12.7. The van der Waals surface area contributed by atoms with E-state index in [1.807, 2.05) is 20.8 Å². The van der Waals surface area contributed by atoms with Crippen LogP contribution in [0.15, 0.2) is 24.5 Å². The topological polar surface area (TPSA) is 102 Å². The number of nitrogen functional groups attached to an aromatic ring is 1. The van der Waals surface area contributed by atoms with Crippen molar-refractivity contribution >= 4 is 34.2 Å². The van der Waals surface area contributed by atoms with Crippen LogP contribution in [0.4, 0.5) is 15.7 Å². The van der Waals surface area contributed by atoms with Crippen LogP contribution in [-0.4, -0.2) is 58.5 Å². The molecular formula is C19H25N5O3S. The Hall–Kier alpha value is -2.68. The SMILES string of the molecule is CC(C)(C)OC(=O)N1CCCN(c2ncc(C(=O)c3cccnc3N)s2)CC1. The van der Waals surface area contributed by atoms with Crippen LogP contribution in [0.5, 0.6) is 0 Å². The highest BCUT2D eigenvalue weighted by Crippen LogP contribution is 2.27. The largest absolute Gasteiger partial charge is 0.444 e. The lowest BCUT2D eigenvalue weighted by atomic mass is 10.1. The number of pyridine rings is 1. The molecule has 1 aliphatic rings. The fourth-order valence-electron chi connectivity index (χ4n) is 2.88.